The Kier molecular flexibility index (Phi) is 3.77. The molecule has 4 rings (SSSR count). The maximum atomic E-state index is 12.8. The summed E-state index contributed by atoms with van der Waals surface area (Å²) in [5, 5.41) is 5.33. The van der Waals surface area contributed by atoms with Crippen molar-refractivity contribution in [1.29, 1.82) is 0 Å². The van der Waals surface area contributed by atoms with Crippen LogP contribution in [0.25, 0.3) is 11.0 Å². The van der Waals surface area contributed by atoms with E-state index in [0.717, 1.165) is 28.9 Å². The zero-order valence-corrected chi connectivity index (χ0v) is 13.4. The highest BCUT2D eigenvalue weighted by atomic mass is 16.5. The molecule has 23 heavy (non-hydrogen) atoms. The summed E-state index contributed by atoms with van der Waals surface area (Å²) in [7, 11) is 0. The smallest absolute Gasteiger partial charge is 0.244 e. The van der Waals surface area contributed by atoms with Crippen LogP contribution in [0.3, 0.4) is 0 Å². The largest absolute Gasteiger partial charge is 0.377 e. The summed E-state index contributed by atoms with van der Waals surface area (Å²) in [6.45, 7) is 4.23. The van der Waals surface area contributed by atoms with E-state index in [-0.39, 0.29) is 18.5 Å². The van der Waals surface area contributed by atoms with Crippen molar-refractivity contribution in [3.8, 4) is 0 Å². The van der Waals surface area contributed by atoms with E-state index in [9.17, 15) is 4.79 Å². The second-order valence-corrected chi connectivity index (χ2v) is 6.72. The van der Waals surface area contributed by atoms with Crippen LogP contribution in [0.5, 0.6) is 0 Å². The summed E-state index contributed by atoms with van der Waals surface area (Å²) in [6, 6.07) is 2.27. The summed E-state index contributed by atoms with van der Waals surface area (Å²) in [6.07, 6.45) is 7.26. The number of pyridine rings is 1. The van der Waals surface area contributed by atoms with Crippen molar-refractivity contribution < 1.29 is 9.53 Å². The fourth-order valence-electron chi connectivity index (χ4n) is 3.33. The van der Waals surface area contributed by atoms with Gasteiger partial charge in [0.2, 0.25) is 5.91 Å². The Hall–Kier alpha value is -1.95. The van der Waals surface area contributed by atoms with Gasteiger partial charge in [0.15, 0.2) is 5.65 Å². The number of carbonyl (C=O) groups is 1. The summed E-state index contributed by atoms with van der Waals surface area (Å²) >= 11 is 0. The van der Waals surface area contributed by atoms with Gasteiger partial charge in [-0.25, -0.2) is 9.67 Å². The van der Waals surface area contributed by atoms with E-state index in [0.29, 0.717) is 19.8 Å². The predicted molar refractivity (Wildman–Crippen MR) is 85.9 cm³/mol. The van der Waals surface area contributed by atoms with Crippen LogP contribution in [-0.2, 0) is 16.1 Å². The van der Waals surface area contributed by atoms with Gasteiger partial charge >= 0.3 is 0 Å². The van der Waals surface area contributed by atoms with Crippen molar-refractivity contribution in [2.75, 3.05) is 19.8 Å². The van der Waals surface area contributed by atoms with Crippen LogP contribution in [0.1, 0.15) is 24.8 Å². The molecule has 0 bridgehead atoms. The Labute approximate surface area is 135 Å². The van der Waals surface area contributed by atoms with Gasteiger partial charge in [-0.1, -0.05) is 12.8 Å². The molecule has 2 fully saturated rings. The van der Waals surface area contributed by atoms with Crippen molar-refractivity contribution in [2.24, 2.45) is 5.92 Å². The van der Waals surface area contributed by atoms with Gasteiger partial charge in [-0.05, 0) is 30.9 Å². The Bertz CT molecular complexity index is 722. The molecule has 1 atom stereocenters. The monoisotopic (exact) mass is 314 g/mol. The van der Waals surface area contributed by atoms with E-state index in [1.807, 2.05) is 24.1 Å². The fourth-order valence-corrected chi connectivity index (χ4v) is 3.33. The number of morpholine rings is 1. The first-order valence-corrected chi connectivity index (χ1v) is 8.36. The molecule has 2 aliphatic rings. The first-order chi connectivity index (χ1) is 11.2. The molecule has 2 aromatic heterocycles. The lowest BCUT2D eigenvalue weighted by molar-refractivity contribution is -0.141. The highest BCUT2D eigenvalue weighted by Crippen LogP contribution is 2.35. The molecule has 0 spiro atoms. The number of nitrogens with zero attached hydrogens (tertiary/aromatic N) is 4. The number of amides is 1. The zero-order chi connectivity index (χ0) is 15.8. The molecule has 122 valence electrons. The minimum Gasteiger partial charge on any atom is -0.377 e. The van der Waals surface area contributed by atoms with Crippen LogP contribution in [-0.4, -0.2) is 51.4 Å². The van der Waals surface area contributed by atoms with Crippen molar-refractivity contribution >= 4 is 16.9 Å². The molecule has 0 aromatic carbocycles. The molecular formula is C17H22N4O2. The van der Waals surface area contributed by atoms with Gasteiger partial charge in [0.25, 0.3) is 0 Å². The number of aryl methyl sites for hydroxylation is 1. The van der Waals surface area contributed by atoms with Crippen LogP contribution >= 0.6 is 0 Å². The third kappa shape index (κ3) is 3.08. The van der Waals surface area contributed by atoms with E-state index in [1.54, 1.807) is 10.9 Å². The number of rotatable bonds is 4. The maximum Gasteiger partial charge on any atom is 0.244 e. The van der Waals surface area contributed by atoms with Crippen molar-refractivity contribution in [3.05, 3.63) is 24.0 Å². The molecule has 6 heteroatoms. The number of ether oxygens (including phenoxy) is 1. The van der Waals surface area contributed by atoms with Crippen LogP contribution < -0.4 is 0 Å². The lowest BCUT2D eigenvalue weighted by atomic mass is 10.1. The highest BCUT2D eigenvalue weighted by Gasteiger charge is 2.33. The van der Waals surface area contributed by atoms with Gasteiger partial charge in [-0.15, -0.1) is 0 Å². The van der Waals surface area contributed by atoms with E-state index in [1.165, 1.54) is 12.8 Å². The van der Waals surface area contributed by atoms with Gasteiger partial charge < -0.3 is 9.64 Å². The third-order valence-corrected chi connectivity index (χ3v) is 4.75. The van der Waals surface area contributed by atoms with Gasteiger partial charge in [0.05, 0.1) is 25.5 Å². The van der Waals surface area contributed by atoms with Crippen molar-refractivity contribution in [3.63, 3.8) is 0 Å². The van der Waals surface area contributed by atoms with E-state index < -0.39 is 0 Å². The molecule has 1 unspecified atom stereocenters. The van der Waals surface area contributed by atoms with Crippen molar-refractivity contribution in [1.82, 2.24) is 19.7 Å². The molecule has 3 heterocycles. The average Bonchev–Trinajstić information content (AvgIpc) is 3.28. The number of carbonyl (C=O) groups excluding carboxylic acids is 1. The standard InChI is InChI=1S/C17H22N4O2/c1-12-6-14-9-19-21(17(14)18-8-12)10-16(22)20-4-5-23-11-15(20)7-13-2-3-13/h6,8-9,13,15H,2-5,7,10-11H2,1H3. The molecule has 1 aliphatic heterocycles. The van der Waals surface area contributed by atoms with Gasteiger partial charge in [-0.2, -0.15) is 5.10 Å². The molecule has 1 saturated carbocycles. The highest BCUT2D eigenvalue weighted by molar-refractivity contribution is 5.80. The lowest BCUT2D eigenvalue weighted by Gasteiger charge is -2.35. The number of hydrogen-bond donors (Lipinski definition) is 0. The Morgan fingerprint density at radius 3 is 3.09 bits per heavy atom. The van der Waals surface area contributed by atoms with Crippen molar-refractivity contribution in [2.45, 2.75) is 38.8 Å². The second-order valence-electron chi connectivity index (χ2n) is 6.72. The second kappa shape index (κ2) is 5.92. The molecule has 0 N–H and O–H groups in total. The van der Waals surface area contributed by atoms with E-state index in [4.69, 9.17) is 4.74 Å². The molecule has 6 nitrogen and oxygen atoms in total. The molecule has 0 radical (unpaired) electrons. The number of fused-ring (bicyclic) bond motifs is 1. The molecule has 2 aromatic rings. The number of aromatic nitrogens is 3. The quantitative estimate of drug-likeness (QED) is 0.863. The average molecular weight is 314 g/mol. The maximum absolute atomic E-state index is 12.8. The first kappa shape index (κ1) is 14.6. The summed E-state index contributed by atoms with van der Waals surface area (Å²) < 4.78 is 7.29. The summed E-state index contributed by atoms with van der Waals surface area (Å²) in [5.74, 6) is 0.901. The predicted octanol–water partition coefficient (Wildman–Crippen LogP) is 1.77. The summed E-state index contributed by atoms with van der Waals surface area (Å²) in [4.78, 5) is 19.2. The Morgan fingerprint density at radius 1 is 1.39 bits per heavy atom. The number of hydrogen-bond acceptors (Lipinski definition) is 4. The molecule has 1 aliphatic carbocycles. The minimum atomic E-state index is 0.117. The SMILES string of the molecule is Cc1cnc2c(cnn2CC(=O)N2CCOCC2CC2CC2)c1. The zero-order valence-electron chi connectivity index (χ0n) is 13.4. The normalized spacial score (nSPS) is 21.8. The molecule has 1 amide bonds. The van der Waals surface area contributed by atoms with E-state index in [2.05, 4.69) is 10.1 Å². The topological polar surface area (TPSA) is 60.2 Å². The van der Waals surface area contributed by atoms with Gasteiger partial charge in [-0.3, -0.25) is 4.79 Å². The van der Waals surface area contributed by atoms with E-state index >= 15 is 0 Å². The molecule has 1 saturated heterocycles. The third-order valence-electron chi connectivity index (χ3n) is 4.75. The fraction of sp³-hybridized carbons (Fsp3) is 0.588. The summed E-state index contributed by atoms with van der Waals surface area (Å²) in [5.41, 5.74) is 1.87. The minimum absolute atomic E-state index is 0.117. The van der Waals surface area contributed by atoms with Crippen LogP contribution in [0, 0.1) is 12.8 Å². The van der Waals surface area contributed by atoms with Crippen LogP contribution in [0.2, 0.25) is 0 Å². The van der Waals surface area contributed by atoms with Gasteiger partial charge in [0.1, 0.15) is 6.54 Å². The first-order valence-electron chi connectivity index (χ1n) is 8.36. The van der Waals surface area contributed by atoms with Gasteiger partial charge in [0, 0.05) is 18.1 Å². The lowest BCUT2D eigenvalue weighted by Crippen LogP contribution is -2.50. The Morgan fingerprint density at radius 2 is 2.26 bits per heavy atom. The van der Waals surface area contributed by atoms with Crippen LogP contribution in [0.4, 0.5) is 0 Å². The Balaban J connectivity index is 1.50. The van der Waals surface area contributed by atoms with Crippen LogP contribution in [0.15, 0.2) is 18.5 Å². The molecular weight excluding hydrogens is 292 g/mol.